The van der Waals surface area contributed by atoms with Crippen LogP contribution in [0.15, 0.2) is 23.3 Å². The molecule has 4 aliphatic carbocycles. The molecule has 0 aliphatic heterocycles. The first-order chi connectivity index (χ1) is 12.2. The van der Waals surface area contributed by atoms with E-state index in [-0.39, 0.29) is 5.54 Å². The highest BCUT2D eigenvalue weighted by Gasteiger charge is 2.50. The van der Waals surface area contributed by atoms with Crippen LogP contribution in [0.5, 0.6) is 0 Å². The molecule has 0 radical (unpaired) electrons. The maximum Gasteiger partial charge on any atom is 0.0659 e. The standard InChI is InChI=1S/C22H29N3/c1-3-18-14(2)20(25-21(18)19-5-4-6-23-19)13-24-22-10-15-7-16(11-22)9-17(8-15)12-22/h4-6,13,15-17,23,25H,3,7-12H2,1-2H3. The van der Waals surface area contributed by atoms with Gasteiger partial charge in [-0.2, -0.15) is 0 Å². The fraction of sp³-hybridized carbons (Fsp3) is 0.591. The zero-order valence-electron chi connectivity index (χ0n) is 15.4. The van der Waals surface area contributed by atoms with Crippen molar-refractivity contribution >= 4 is 6.21 Å². The number of aliphatic imine (C=N–C) groups is 1. The SMILES string of the molecule is CCc1c(-c2ccc[nH]2)[nH]c(C=NC23CC4CC(CC(C4)C2)C3)c1C. The molecular formula is C22H29N3. The van der Waals surface area contributed by atoms with Gasteiger partial charge in [0.2, 0.25) is 0 Å². The van der Waals surface area contributed by atoms with Gasteiger partial charge in [-0.25, -0.2) is 0 Å². The molecule has 4 bridgehead atoms. The van der Waals surface area contributed by atoms with Crippen molar-refractivity contribution in [2.45, 2.75) is 64.3 Å². The van der Waals surface area contributed by atoms with E-state index < -0.39 is 0 Å². The van der Waals surface area contributed by atoms with Gasteiger partial charge in [0.05, 0.1) is 22.6 Å². The largest absolute Gasteiger partial charge is 0.360 e. The normalized spacial score (nSPS) is 33.6. The molecule has 3 heteroatoms. The van der Waals surface area contributed by atoms with Gasteiger partial charge in [-0.05, 0) is 92.9 Å². The summed E-state index contributed by atoms with van der Waals surface area (Å²) in [6.07, 6.45) is 13.6. The summed E-state index contributed by atoms with van der Waals surface area (Å²) in [4.78, 5) is 12.2. The van der Waals surface area contributed by atoms with Crippen molar-refractivity contribution in [1.29, 1.82) is 0 Å². The van der Waals surface area contributed by atoms with E-state index in [4.69, 9.17) is 4.99 Å². The molecule has 4 aliphatic rings. The molecule has 6 rings (SSSR count). The van der Waals surface area contributed by atoms with Crippen LogP contribution in [-0.4, -0.2) is 21.7 Å². The minimum absolute atomic E-state index is 0.255. The number of aromatic nitrogens is 2. The van der Waals surface area contributed by atoms with E-state index in [0.717, 1.165) is 24.2 Å². The Balaban J connectivity index is 1.47. The van der Waals surface area contributed by atoms with Gasteiger partial charge in [0.25, 0.3) is 0 Å². The van der Waals surface area contributed by atoms with Gasteiger partial charge in [-0.15, -0.1) is 0 Å². The summed E-state index contributed by atoms with van der Waals surface area (Å²) in [6.45, 7) is 4.48. The van der Waals surface area contributed by atoms with E-state index in [0.29, 0.717) is 0 Å². The molecule has 0 aromatic carbocycles. The first-order valence-corrected chi connectivity index (χ1v) is 10.1. The van der Waals surface area contributed by atoms with Gasteiger partial charge in [-0.3, -0.25) is 4.99 Å². The van der Waals surface area contributed by atoms with Gasteiger partial charge in [0.15, 0.2) is 0 Å². The second-order valence-electron chi connectivity index (χ2n) is 8.85. The van der Waals surface area contributed by atoms with Crippen molar-refractivity contribution in [2.24, 2.45) is 22.7 Å². The number of hydrogen-bond donors (Lipinski definition) is 2. The molecule has 4 saturated carbocycles. The Labute approximate surface area is 150 Å². The van der Waals surface area contributed by atoms with Gasteiger partial charge in [0, 0.05) is 12.4 Å². The Morgan fingerprint density at radius 2 is 1.84 bits per heavy atom. The highest BCUT2D eigenvalue weighted by Crippen LogP contribution is 2.57. The van der Waals surface area contributed by atoms with Crippen molar-refractivity contribution in [3.63, 3.8) is 0 Å². The molecule has 2 heterocycles. The van der Waals surface area contributed by atoms with E-state index in [1.165, 1.54) is 66.7 Å². The number of rotatable bonds is 4. The van der Waals surface area contributed by atoms with Crippen molar-refractivity contribution in [1.82, 2.24) is 9.97 Å². The predicted octanol–water partition coefficient (Wildman–Crippen LogP) is 5.27. The van der Waals surface area contributed by atoms with E-state index in [2.05, 4.69) is 42.2 Å². The lowest BCUT2D eigenvalue weighted by Crippen LogP contribution is -2.49. The first kappa shape index (κ1) is 15.5. The number of nitrogens with one attached hydrogen (secondary N) is 2. The summed E-state index contributed by atoms with van der Waals surface area (Å²) in [6, 6.07) is 4.21. The summed E-state index contributed by atoms with van der Waals surface area (Å²) < 4.78 is 0. The average molecular weight is 335 g/mol. The van der Waals surface area contributed by atoms with E-state index >= 15 is 0 Å². The molecule has 0 spiro atoms. The van der Waals surface area contributed by atoms with Crippen LogP contribution in [0.2, 0.25) is 0 Å². The number of hydrogen-bond acceptors (Lipinski definition) is 1. The third-order valence-electron chi connectivity index (χ3n) is 7.11. The molecule has 0 atom stereocenters. The molecule has 25 heavy (non-hydrogen) atoms. The maximum atomic E-state index is 5.25. The van der Waals surface area contributed by atoms with Crippen molar-refractivity contribution < 1.29 is 0 Å². The topological polar surface area (TPSA) is 43.9 Å². The fourth-order valence-electron chi connectivity index (χ4n) is 6.37. The second kappa shape index (κ2) is 5.62. The highest BCUT2D eigenvalue weighted by molar-refractivity contribution is 5.83. The molecule has 3 nitrogen and oxygen atoms in total. The Kier molecular flexibility index (Phi) is 3.48. The fourth-order valence-corrected chi connectivity index (χ4v) is 6.37. The lowest BCUT2D eigenvalue weighted by molar-refractivity contribution is 0.00194. The monoisotopic (exact) mass is 335 g/mol. The third-order valence-corrected chi connectivity index (χ3v) is 7.11. The summed E-state index contributed by atoms with van der Waals surface area (Å²) >= 11 is 0. The van der Waals surface area contributed by atoms with Crippen LogP contribution in [-0.2, 0) is 6.42 Å². The Morgan fingerprint density at radius 3 is 2.40 bits per heavy atom. The van der Waals surface area contributed by atoms with Crippen LogP contribution in [0.1, 0.15) is 62.3 Å². The molecule has 2 aromatic heterocycles. The smallest absolute Gasteiger partial charge is 0.0659 e. The van der Waals surface area contributed by atoms with Crippen molar-refractivity contribution in [3.8, 4) is 11.4 Å². The van der Waals surface area contributed by atoms with E-state index in [1.807, 2.05) is 6.20 Å². The molecule has 0 unspecified atom stereocenters. The minimum atomic E-state index is 0.255. The summed E-state index contributed by atoms with van der Waals surface area (Å²) in [5.74, 6) is 2.86. The second-order valence-corrected chi connectivity index (χ2v) is 8.85. The Morgan fingerprint density at radius 1 is 1.16 bits per heavy atom. The minimum Gasteiger partial charge on any atom is -0.360 e. The van der Waals surface area contributed by atoms with Gasteiger partial charge < -0.3 is 9.97 Å². The van der Waals surface area contributed by atoms with Crippen LogP contribution in [0.25, 0.3) is 11.4 Å². The van der Waals surface area contributed by atoms with Crippen molar-refractivity contribution in [2.75, 3.05) is 0 Å². The zero-order valence-corrected chi connectivity index (χ0v) is 15.4. The molecule has 2 N–H and O–H groups in total. The summed E-state index contributed by atoms with van der Waals surface area (Å²) in [5.41, 5.74) is 6.64. The van der Waals surface area contributed by atoms with E-state index in [9.17, 15) is 0 Å². The summed E-state index contributed by atoms with van der Waals surface area (Å²) in [5, 5.41) is 0. The van der Waals surface area contributed by atoms with Crippen LogP contribution in [0, 0.1) is 24.7 Å². The van der Waals surface area contributed by atoms with Crippen LogP contribution in [0.3, 0.4) is 0 Å². The first-order valence-electron chi connectivity index (χ1n) is 10.1. The molecule has 0 amide bonds. The Hall–Kier alpha value is -1.77. The summed E-state index contributed by atoms with van der Waals surface area (Å²) in [7, 11) is 0. The third kappa shape index (κ3) is 2.51. The lowest BCUT2D eigenvalue weighted by Gasteiger charge is -2.54. The van der Waals surface area contributed by atoms with Gasteiger partial charge >= 0.3 is 0 Å². The van der Waals surface area contributed by atoms with Crippen LogP contribution in [0.4, 0.5) is 0 Å². The molecule has 0 saturated heterocycles. The van der Waals surface area contributed by atoms with Gasteiger partial charge in [0.1, 0.15) is 0 Å². The van der Waals surface area contributed by atoms with E-state index in [1.54, 1.807) is 0 Å². The molecule has 132 valence electrons. The number of nitrogens with zero attached hydrogens (tertiary/aromatic N) is 1. The van der Waals surface area contributed by atoms with Crippen molar-refractivity contribution in [3.05, 3.63) is 35.2 Å². The number of H-pyrrole nitrogens is 2. The van der Waals surface area contributed by atoms with Gasteiger partial charge in [-0.1, -0.05) is 6.92 Å². The Bertz CT molecular complexity index is 758. The average Bonchev–Trinajstić information content (AvgIpc) is 3.19. The maximum absolute atomic E-state index is 5.25. The quantitative estimate of drug-likeness (QED) is 0.715. The lowest BCUT2D eigenvalue weighted by atomic mass is 9.53. The predicted molar refractivity (Wildman–Crippen MR) is 103 cm³/mol. The zero-order chi connectivity index (χ0) is 17.0. The highest BCUT2D eigenvalue weighted by atomic mass is 14.9. The van der Waals surface area contributed by atoms with Crippen LogP contribution < -0.4 is 0 Å². The van der Waals surface area contributed by atoms with Crippen LogP contribution >= 0.6 is 0 Å². The molecular weight excluding hydrogens is 306 g/mol. The molecule has 2 aromatic rings. The molecule has 4 fully saturated rings. The number of aromatic amines is 2.